The lowest BCUT2D eigenvalue weighted by Gasteiger charge is -2.12. The van der Waals surface area contributed by atoms with E-state index in [1.807, 2.05) is 6.07 Å². The summed E-state index contributed by atoms with van der Waals surface area (Å²) >= 11 is 0. The van der Waals surface area contributed by atoms with E-state index in [4.69, 9.17) is 24.7 Å². The zero-order chi connectivity index (χ0) is 34.4. The molecule has 0 radical (unpaired) electrons. The zero-order valence-electron chi connectivity index (χ0n) is 26.0. The number of aromatic carboxylic acids is 1. The van der Waals surface area contributed by atoms with E-state index in [2.05, 4.69) is 19.9 Å². The summed E-state index contributed by atoms with van der Waals surface area (Å²) in [4.78, 5) is 53.7. The number of aromatic nitrogens is 4. The topological polar surface area (TPSA) is 178 Å². The third-order valence-electron chi connectivity index (χ3n) is 5.81. The van der Waals surface area contributed by atoms with Crippen molar-refractivity contribution in [2.24, 2.45) is 0 Å². The summed E-state index contributed by atoms with van der Waals surface area (Å²) in [5.74, 6) is -0.232. The molecule has 0 aliphatic heterocycles. The van der Waals surface area contributed by atoms with Crippen molar-refractivity contribution in [3.8, 4) is 17.6 Å². The number of hydrogen-bond acceptors (Lipinski definition) is 11. The minimum atomic E-state index is -0.919. The number of benzene rings is 1. The molecule has 4 heterocycles. The summed E-state index contributed by atoms with van der Waals surface area (Å²) in [6.45, 7) is 0. The number of ketones is 1. The van der Waals surface area contributed by atoms with E-state index < -0.39 is 5.97 Å². The number of hydrogen-bond donors (Lipinski definition) is 1. The lowest BCUT2D eigenvalue weighted by molar-refractivity contribution is -0.0757. The van der Waals surface area contributed by atoms with Crippen molar-refractivity contribution < 1.29 is 33.8 Å². The second-order valence-corrected chi connectivity index (χ2v) is 8.72. The van der Waals surface area contributed by atoms with Gasteiger partial charge in [-0.1, -0.05) is 6.07 Å². The smallest absolute Gasteiger partial charge is 0.335 e. The number of carbonyl (C=O) groups is 3. The van der Waals surface area contributed by atoms with Gasteiger partial charge in [0.05, 0.1) is 44.1 Å². The number of amides is 1. The van der Waals surface area contributed by atoms with Gasteiger partial charge < -0.3 is 14.6 Å². The van der Waals surface area contributed by atoms with Crippen LogP contribution in [-0.4, -0.2) is 76.1 Å². The van der Waals surface area contributed by atoms with Crippen LogP contribution in [-0.2, 0) is 4.84 Å². The Morgan fingerprint density at radius 3 is 1.53 bits per heavy atom. The van der Waals surface area contributed by atoms with Crippen LogP contribution < -0.4 is 9.47 Å². The van der Waals surface area contributed by atoms with Crippen LogP contribution in [0, 0.1) is 11.3 Å². The van der Waals surface area contributed by atoms with Gasteiger partial charge in [-0.05, 0) is 60.7 Å². The second kappa shape index (κ2) is 20.4. The summed E-state index contributed by atoms with van der Waals surface area (Å²) in [5, 5.41) is 17.8. The van der Waals surface area contributed by atoms with Gasteiger partial charge in [-0.15, -0.1) is 0 Å². The zero-order valence-corrected chi connectivity index (χ0v) is 26.0. The molecule has 5 aromatic rings. The standard InChI is InChI=1S/C14H13NO3.C8H10N2O2.C6H4N2.C6H5NO2/c1-17-12-5-3-4-11(14(12)18-2)13(16)10-6-8-15-9-7-10;1-10(12-2)8(11)7-3-5-9-6-4-7;7-5-6-1-3-8-4-2-6;8-6(9)5-1-3-7-4-2-5/h3-9H,1-2H3;3-6H,1-2H3;1-4H;1-4H,(H,8,9). The summed E-state index contributed by atoms with van der Waals surface area (Å²) in [6.07, 6.45) is 12.4. The maximum atomic E-state index is 12.3. The Balaban J connectivity index is 0.000000230. The Bertz CT molecular complexity index is 1720. The molecule has 1 amide bonds. The van der Waals surface area contributed by atoms with Gasteiger partial charge in [0.25, 0.3) is 5.91 Å². The quantitative estimate of drug-likeness (QED) is 0.191. The minimum Gasteiger partial charge on any atom is -0.493 e. The van der Waals surface area contributed by atoms with E-state index in [9.17, 15) is 14.4 Å². The molecule has 0 aliphatic carbocycles. The first-order valence-corrected chi connectivity index (χ1v) is 13.6. The number of methoxy groups -OCH3 is 2. The highest BCUT2D eigenvalue weighted by Crippen LogP contribution is 2.32. The average molecular weight is 637 g/mol. The molecule has 5 rings (SSSR count). The molecule has 0 atom stereocenters. The van der Waals surface area contributed by atoms with Crippen LogP contribution in [0.15, 0.2) is 116 Å². The Kier molecular flexibility index (Phi) is 15.9. The van der Waals surface area contributed by atoms with E-state index in [1.165, 1.54) is 38.7 Å². The molecule has 0 fully saturated rings. The molecular weight excluding hydrogens is 604 g/mol. The predicted molar refractivity (Wildman–Crippen MR) is 171 cm³/mol. The van der Waals surface area contributed by atoms with Crippen molar-refractivity contribution >= 4 is 17.7 Å². The summed E-state index contributed by atoms with van der Waals surface area (Å²) in [5.41, 5.74) is 2.53. The normalized spacial score (nSPS) is 9.26. The highest BCUT2D eigenvalue weighted by atomic mass is 16.7. The fourth-order valence-electron chi connectivity index (χ4n) is 3.40. The van der Waals surface area contributed by atoms with Gasteiger partial charge in [0.2, 0.25) is 0 Å². The lowest BCUT2D eigenvalue weighted by atomic mass is 10.0. The van der Waals surface area contributed by atoms with Gasteiger partial charge >= 0.3 is 5.97 Å². The van der Waals surface area contributed by atoms with Crippen molar-refractivity contribution in [3.05, 3.63) is 144 Å². The first kappa shape index (κ1) is 36.7. The van der Waals surface area contributed by atoms with Crippen molar-refractivity contribution in [1.29, 1.82) is 5.26 Å². The highest BCUT2D eigenvalue weighted by molar-refractivity contribution is 6.11. The monoisotopic (exact) mass is 636 g/mol. The number of nitriles is 1. The molecule has 1 N–H and O–H groups in total. The molecule has 47 heavy (non-hydrogen) atoms. The van der Waals surface area contributed by atoms with Gasteiger partial charge in [0.15, 0.2) is 17.3 Å². The number of carboxylic acid groups (broad SMARTS) is 1. The van der Waals surface area contributed by atoms with E-state index in [0.717, 1.165) is 5.06 Å². The molecule has 0 aliphatic rings. The molecule has 0 saturated heterocycles. The number of ether oxygens (including phenoxy) is 2. The molecule has 240 valence electrons. The number of para-hydroxylation sites is 1. The van der Waals surface area contributed by atoms with Crippen LogP contribution in [0.2, 0.25) is 0 Å². The van der Waals surface area contributed by atoms with E-state index in [0.29, 0.717) is 33.8 Å². The fourth-order valence-corrected chi connectivity index (χ4v) is 3.40. The molecule has 13 nitrogen and oxygen atoms in total. The first-order valence-electron chi connectivity index (χ1n) is 13.6. The highest BCUT2D eigenvalue weighted by Gasteiger charge is 2.17. The van der Waals surface area contributed by atoms with Crippen molar-refractivity contribution in [2.75, 3.05) is 28.4 Å². The van der Waals surface area contributed by atoms with Crippen molar-refractivity contribution in [3.63, 3.8) is 0 Å². The second-order valence-electron chi connectivity index (χ2n) is 8.72. The van der Waals surface area contributed by atoms with E-state index >= 15 is 0 Å². The van der Waals surface area contributed by atoms with E-state index in [1.54, 1.807) is 106 Å². The Morgan fingerprint density at radius 1 is 0.681 bits per heavy atom. The molecule has 0 unspecified atom stereocenters. The SMILES string of the molecule is CON(C)C(=O)c1ccncc1.COc1cccc(C(=O)c2ccncc2)c1OC.N#Cc1ccncc1.O=C(O)c1ccncc1. The number of hydroxylamine groups is 2. The number of pyridine rings is 4. The molecule has 0 bridgehead atoms. The van der Waals surface area contributed by atoms with Gasteiger partial charge in [-0.25, -0.2) is 9.86 Å². The van der Waals surface area contributed by atoms with Crippen LogP contribution in [0.4, 0.5) is 0 Å². The van der Waals surface area contributed by atoms with Gasteiger partial charge in [0, 0.05) is 67.7 Å². The van der Waals surface area contributed by atoms with Crippen LogP contribution in [0.3, 0.4) is 0 Å². The van der Waals surface area contributed by atoms with Crippen LogP contribution in [0.1, 0.15) is 42.2 Å². The van der Waals surface area contributed by atoms with Crippen LogP contribution in [0.25, 0.3) is 0 Å². The van der Waals surface area contributed by atoms with Gasteiger partial charge in [0.1, 0.15) is 0 Å². The maximum absolute atomic E-state index is 12.3. The summed E-state index contributed by atoms with van der Waals surface area (Å²) < 4.78 is 10.4. The van der Waals surface area contributed by atoms with Gasteiger partial charge in [-0.3, -0.25) is 34.4 Å². The summed E-state index contributed by atoms with van der Waals surface area (Å²) in [6, 6.07) is 20.0. The molecule has 13 heteroatoms. The Hall–Kier alpha value is -6.52. The Labute approximate surface area is 271 Å². The largest absolute Gasteiger partial charge is 0.493 e. The molecule has 0 saturated carbocycles. The fraction of sp³-hybridized carbons (Fsp3) is 0.118. The minimum absolute atomic E-state index is 0.117. The molecule has 4 aromatic heterocycles. The van der Waals surface area contributed by atoms with Crippen molar-refractivity contribution in [1.82, 2.24) is 25.0 Å². The average Bonchev–Trinajstić information content (AvgIpc) is 3.15. The number of rotatable bonds is 7. The van der Waals surface area contributed by atoms with Crippen LogP contribution in [0.5, 0.6) is 11.5 Å². The Morgan fingerprint density at radius 2 is 1.15 bits per heavy atom. The summed E-state index contributed by atoms with van der Waals surface area (Å²) in [7, 11) is 6.06. The van der Waals surface area contributed by atoms with Crippen LogP contribution >= 0.6 is 0 Å². The number of carbonyl (C=O) groups excluding carboxylic acids is 2. The maximum Gasteiger partial charge on any atom is 0.335 e. The first-order chi connectivity index (χ1) is 22.8. The van der Waals surface area contributed by atoms with Crippen molar-refractivity contribution in [2.45, 2.75) is 0 Å². The number of carboxylic acids is 1. The molecular formula is C34H32N6O7. The molecule has 1 aromatic carbocycles. The third kappa shape index (κ3) is 12.2. The predicted octanol–water partition coefficient (Wildman–Crippen LogP) is 4.78. The number of nitrogens with zero attached hydrogens (tertiary/aromatic N) is 6. The van der Waals surface area contributed by atoms with E-state index in [-0.39, 0.29) is 17.3 Å². The third-order valence-corrected chi connectivity index (χ3v) is 5.81. The molecule has 0 spiro atoms. The van der Waals surface area contributed by atoms with Gasteiger partial charge in [-0.2, -0.15) is 5.26 Å². The lowest BCUT2D eigenvalue weighted by Crippen LogP contribution is -2.25.